The number of carbonyl (C=O) groups excluding carboxylic acids is 3. The molecule has 4 rings (SSSR count). The summed E-state index contributed by atoms with van der Waals surface area (Å²) in [6, 6.07) is 5.64. The van der Waals surface area contributed by atoms with Gasteiger partial charge in [0.25, 0.3) is 5.91 Å². The zero-order valence-corrected chi connectivity index (χ0v) is 16.9. The summed E-state index contributed by atoms with van der Waals surface area (Å²) in [5.74, 6) is -1.35. The SMILES string of the molecule is COC(=O)/C=C/C1=C(C(=O)OC)C2(C(=O)Nc3ccc(C)cc32)N2C(C)CCC12. The van der Waals surface area contributed by atoms with Crippen LogP contribution in [0.4, 0.5) is 5.69 Å². The van der Waals surface area contributed by atoms with Crippen LogP contribution in [0.1, 0.15) is 30.9 Å². The summed E-state index contributed by atoms with van der Waals surface area (Å²) in [4.78, 5) is 40.4. The maximum Gasteiger partial charge on any atom is 0.336 e. The fourth-order valence-electron chi connectivity index (χ4n) is 5.05. The van der Waals surface area contributed by atoms with Crippen molar-refractivity contribution in [2.24, 2.45) is 0 Å². The molecule has 3 heterocycles. The lowest BCUT2D eigenvalue weighted by molar-refractivity contribution is -0.140. The van der Waals surface area contributed by atoms with E-state index in [4.69, 9.17) is 9.47 Å². The van der Waals surface area contributed by atoms with Crippen LogP contribution in [-0.4, -0.2) is 49.0 Å². The summed E-state index contributed by atoms with van der Waals surface area (Å²) in [5.41, 5.74) is 2.08. The normalized spacial score (nSPS) is 28.1. The third-order valence-electron chi connectivity index (χ3n) is 6.20. The van der Waals surface area contributed by atoms with Crippen molar-refractivity contribution < 1.29 is 23.9 Å². The predicted molar refractivity (Wildman–Crippen MR) is 106 cm³/mol. The van der Waals surface area contributed by atoms with E-state index < -0.39 is 17.5 Å². The number of nitrogens with zero attached hydrogens (tertiary/aromatic N) is 1. The van der Waals surface area contributed by atoms with Crippen molar-refractivity contribution in [3.05, 3.63) is 52.6 Å². The second-order valence-electron chi connectivity index (χ2n) is 7.74. The van der Waals surface area contributed by atoms with Gasteiger partial charge in [-0.2, -0.15) is 0 Å². The molecular weight excluding hydrogens is 372 g/mol. The number of rotatable bonds is 3. The van der Waals surface area contributed by atoms with Gasteiger partial charge in [0.15, 0.2) is 5.54 Å². The van der Waals surface area contributed by atoms with Crippen LogP contribution in [0.2, 0.25) is 0 Å². The molecule has 1 fully saturated rings. The van der Waals surface area contributed by atoms with Crippen molar-refractivity contribution in [2.75, 3.05) is 19.5 Å². The highest BCUT2D eigenvalue weighted by Crippen LogP contribution is 2.57. The first-order chi connectivity index (χ1) is 13.9. The molecule has 1 spiro atoms. The van der Waals surface area contributed by atoms with Gasteiger partial charge in [-0.05, 0) is 44.4 Å². The number of nitrogens with one attached hydrogen (secondary N) is 1. The number of methoxy groups -OCH3 is 2. The Balaban J connectivity index is 2.03. The fourth-order valence-corrected chi connectivity index (χ4v) is 5.05. The third-order valence-corrected chi connectivity index (χ3v) is 6.20. The third kappa shape index (κ3) is 2.57. The monoisotopic (exact) mass is 396 g/mol. The Kier molecular flexibility index (Phi) is 4.58. The van der Waals surface area contributed by atoms with Gasteiger partial charge in [0, 0.05) is 29.4 Å². The van der Waals surface area contributed by atoms with Crippen LogP contribution in [0.25, 0.3) is 0 Å². The highest BCUT2D eigenvalue weighted by molar-refractivity contribution is 6.15. The lowest BCUT2D eigenvalue weighted by Crippen LogP contribution is -2.53. The van der Waals surface area contributed by atoms with Crippen molar-refractivity contribution >= 4 is 23.5 Å². The molecule has 1 amide bonds. The lowest BCUT2D eigenvalue weighted by atomic mass is 9.81. The topological polar surface area (TPSA) is 84.9 Å². The smallest absolute Gasteiger partial charge is 0.336 e. The van der Waals surface area contributed by atoms with Crippen LogP contribution in [0.5, 0.6) is 0 Å². The number of aryl methyl sites for hydroxylation is 1. The van der Waals surface area contributed by atoms with Crippen LogP contribution in [-0.2, 0) is 29.4 Å². The molecule has 1 N–H and O–H groups in total. The van der Waals surface area contributed by atoms with Crippen molar-refractivity contribution in [3.63, 3.8) is 0 Å². The molecule has 0 aromatic heterocycles. The van der Waals surface area contributed by atoms with Crippen LogP contribution in [0.3, 0.4) is 0 Å². The molecule has 0 saturated carbocycles. The van der Waals surface area contributed by atoms with E-state index in [0.29, 0.717) is 11.3 Å². The standard InChI is InChI=1S/C22H24N2O5/c1-12-5-8-16-15(11-12)22(21(27)23-16)19(20(26)29-4)14(7-10-18(25)28-3)17-9-6-13(2)24(17)22/h5,7-8,10-11,13,17H,6,9H2,1-4H3,(H,23,27)/b10-7+. The van der Waals surface area contributed by atoms with Crippen LogP contribution in [0, 0.1) is 6.92 Å². The molecule has 3 atom stereocenters. The van der Waals surface area contributed by atoms with Crippen LogP contribution >= 0.6 is 0 Å². The Morgan fingerprint density at radius 3 is 2.69 bits per heavy atom. The molecule has 7 heteroatoms. The summed E-state index contributed by atoms with van der Waals surface area (Å²) in [7, 11) is 2.60. The van der Waals surface area contributed by atoms with E-state index >= 15 is 0 Å². The molecular formula is C22H24N2O5. The molecule has 0 aliphatic carbocycles. The van der Waals surface area contributed by atoms with Gasteiger partial charge < -0.3 is 14.8 Å². The quantitative estimate of drug-likeness (QED) is 0.623. The minimum atomic E-state index is -1.27. The van der Waals surface area contributed by atoms with Crippen LogP contribution in [0.15, 0.2) is 41.5 Å². The van der Waals surface area contributed by atoms with E-state index in [1.807, 2.05) is 25.1 Å². The fraction of sp³-hybridized carbons (Fsp3) is 0.409. The molecule has 3 aliphatic rings. The number of hydrogen-bond donors (Lipinski definition) is 1. The summed E-state index contributed by atoms with van der Waals surface area (Å²) in [5, 5.41) is 2.96. The molecule has 0 radical (unpaired) electrons. The highest BCUT2D eigenvalue weighted by Gasteiger charge is 2.65. The first kappa shape index (κ1) is 19.4. The molecule has 152 valence electrons. The van der Waals surface area contributed by atoms with Crippen LogP contribution < -0.4 is 5.32 Å². The number of amides is 1. The Bertz CT molecular complexity index is 979. The molecule has 1 saturated heterocycles. The number of benzene rings is 1. The molecule has 1 aromatic rings. The predicted octanol–water partition coefficient (Wildman–Crippen LogP) is 2.21. The van der Waals surface area contributed by atoms with E-state index in [-0.39, 0.29) is 23.6 Å². The van der Waals surface area contributed by atoms with Crippen molar-refractivity contribution in [3.8, 4) is 0 Å². The lowest BCUT2D eigenvalue weighted by Gasteiger charge is -2.38. The Labute approximate surface area is 169 Å². The summed E-state index contributed by atoms with van der Waals surface area (Å²) in [6.45, 7) is 4.01. The molecule has 0 bridgehead atoms. The van der Waals surface area contributed by atoms with Crippen molar-refractivity contribution in [1.29, 1.82) is 0 Å². The number of esters is 2. The Morgan fingerprint density at radius 1 is 1.24 bits per heavy atom. The zero-order valence-electron chi connectivity index (χ0n) is 16.9. The van der Waals surface area contributed by atoms with Gasteiger partial charge in [0.05, 0.1) is 19.8 Å². The van der Waals surface area contributed by atoms with Crippen molar-refractivity contribution in [2.45, 2.75) is 44.3 Å². The minimum Gasteiger partial charge on any atom is -0.466 e. The second-order valence-corrected chi connectivity index (χ2v) is 7.74. The zero-order chi connectivity index (χ0) is 20.9. The van der Waals surface area contributed by atoms with E-state index in [1.165, 1.54) is 20.3 Å². The van der Waals surface area contributed by atoms with Gasteiger partial charge in [0.1, 0.15) is 0 Å². The Hall–Kier alpha value is -2.93. The van der Waals surface area contributed by atoms with Gasteiger partial charge in [-0.25, -0.2) is 9.59 Å². The second kappa shape index (κ2) is 6.84. The first-order valence-corrected chi connectivity index (χ1v) is 9.66. The minimum absolute atomic E-state index is 0.0703. The molecule has 29 heavy (non-hydrogen) atoms. The average Bonchev–Trinajstić information content (AvgIpc) is 3.32. The van der Waals surface area contributed by atoms with E-state index in [1.54, 1.807) is 6.08 Å². The van der Waals surface area contributed by atoms with Gasteiger partial charge in [0.2, 0.25) is 0 Å². The number of hydrogen-bond acceptors (Lipinski definition) is 6. The van der Waals surface area contributed by atoms with Gasteiger partial charge in [-0.1, -0.05) is 17.7 Å². The molecule has 1 aromatic carbocycles. The van der Waals surface area contributed by atoms with Crippen molar-refractivity contribution in [1.82, 2.24) is 4.90 Å². The van der Waals surface area contributed by atoms with Gasteiger partial charge in [-0.15, -0.1) is 0 Å². The van der Waals surface area contributed by atoms with E-state index in [2.05, 4.69) is 17.1 Å². The number of carbonyl (C=O) groups is 3. The summed E-state index contributed by atoms with van der Waals surface area (Å²) in [6.07, 6.45) is 4.55. The summed E-state index contributed by atoms with van der Waals surface area (Å²) >= 11 is 0. The van der Waals surface area contributed by atoms with E-state index in [9.17, 15) is 14.4 Å². The number of ether oxygens (including phenoxy) is 2. The molecule has 7 nitrogen and oxygen atoms in total. The molecule has 3 aliphatic heterocycles. The van der Waals surface area contributed by atoms with E-state index in [0.717, 1.165) is 24.0 Å². The maximum atomic E-state index is 13.5. The summed E-state index contributed by atoms with van der Waals surface area (Å²) < 4.78 is 9.84. The number of anilines is 1. The average molecular weight is 396 g/mol. The largest absolute Gasteiger partial charge is 0.466 e. The van der Waals surface area contributed by atoms with Gasteiger partial charge >= 0.3 is 11.9 Å². The molecule has 3 unspecified atom stereocenters. The van der Waals surface area contributed by atoms with Gasteiger partial charge in [-0.3, -0.25) is 9.69 Å². The highest BCUT2D eigenvalue weighted by atomic mass is 16.5. The maximum absolute atomic E-state index is 13.5. The Morgan fingerprint density at radius 2 is 2.00 bits per heavy atom. The number of fused-ring (bicyclic) bond motifs is 4. The first-order valence-electron chi connectivity index (χ1n) is 9.66.